The first kappa shape index (κ1) is 12.8. The first-order valence-corrected chi connectivity index (χ1v) is 6.48. The van der Waals surface area contributed by atoms with Gasteiger partial charge in [0, 0.05) is 27.4 Å². The highest BCUT2D eigenvalue weighted by Gasteiger charge is 2.35. The van der Waals surface area contributed by atoms with Gasteiger partial charge in [0.05, 0.1) is 0 Å². The largest absolute Gasteiger partial charge is 0.504 e. The Morgan fingerprint density at radius 1 is 1.00 bits per heavy atom. The van der Waals surface area contributed by atoms with Crippen molar-refractivity contribution in [2.75, 3.05) is 21.3 Å². The lowest BCUT2D eigenvalue weighted by Gasteiger charge is -2.22. The molecular formula is C9H20O3Si. The molecular weight excluding hydrogens is 184 g/mol. The predicted octanol–water partition coefficient (Wildman–Crippen LogP) is 2.22. The molecule has 0 aliphatic rings. The maximum absolute atomic E-state index is 5.26. The maximum atomic E-state index is 5.26. The molecule has 0 aliphatic carbocycles. The van der Waals surface area contributed by atoms with Crippen LogP contribution in [-0.2, 0) is 13.3 Å². The Labute approximate surface area is 82.1 Å². The van der Waals surface area contributed by atoms with Gasteiger partial charge in [-0.3, -0.25) is 0 Å². The fraction of sp³-hybridized carbons (Fsp3) is 0.778. The van der Waals surface area contributed by atoms with Crippen molar-refractivity contribution in [3.05, 3.63) is 12.2 Å². The molecule has 0 N–H and O–H groups in total. The molecule has 0 aromatic heterocycles. The van der Waals surface area contributed by atoms with E-state index >= 15 is 0 Å². The zero-order valence-electron chi connectivity index (χ0n) is 9.00. The Morgan fingerprint density at radius 3 is 1.92 bits per heavy atom. The third-order valence-electron chi connectivity index (χ3n) is 1.92. The number of rotatable bonds is 7. The SMILES string of the molecule is CCCC=CC[Si](OC)(OC)OC. The van der Waals surface area contributed by atoms with Gasteiger partial charge < -0.3 is 13.3 Å². The van der Waals surface area contributed by atoms with Crippen LogP contribution in [0, 0.1) is 0 Å². The van der Waals surface area contributed by atoms with Gasteiger partial charge in [0.15, 0.2) is 0 Å². The van der Waals surface area contributed by atoms with Crippen LogP contribution in [0.2, 0.25) is 6.04 Å². The number of unbranched alkanes of at least 4 members (excludes halogenated alkanes) is 1. The minimum atomic E-state index is -2.35. The van der Waals surface area contributed by atoms with Crippen molar-refractivity contribution < 1.29 is 13.3 Å². The number of hydrogen-bond acceptors (Lipinski definition) is 3. The van der Waals surface area contributed by atoms with Crippen molar-refractivity contribution in [1.82, 2.24) is 0 Å². The van der Waals surface area contributed by atoms with Crippen LogP contribution in [0.4, 0.5) is 0 Å². The van der Waals surface area contributed by atoms with E-state index in [0.717, 1.165) is 18.9 Å². The molecule has 0 aliphatic heterocycles. The molecule has 0 fully saturated rings. The van der Waals surface area contributed by atoms with Crippen molar-refractivity contribution in [2.24, 2.45) is 0 Å². The molecule has 0 bridgehead atoms. The second-order valence-electron chi connectivity index (χ2n) is 2.76. The van der Waals surface area contributed by atoms with E-state index < -0.39 is 8.80 Å². The molecule has 3 nitrogen and oxygen atoms in total. The van der Waals surface area contributed by atoms with Crippen molar-refractivity contribution >= 4 is 8.80 Å². The molecule has 0 spiro atoms. The van der Waals surface area contributed by atoms with Gasteiger partial charge >= 0.3 is 8.80 Å². The van der Waals surface area contributed by atoms with Crippen molar-refractivity contribution in [2.45, 2.75) is 25.8 Å². The fourth-order valence-electron chi connectivity index (χ4n) is 1.01. The van der Waals surface area contributed by atoms with Gasteiger partial charge in [-0.15, -0.1) is 0 Å². The summed E-state index contributed by atoms with van der Waals surface area (Å²) in [5.41, 5.74) is 0. The van der Waals surface area contributed by atoms with Gasteiger partial charge in [0.1, 0.15) is 0 Å². The van der Waals surface area contributed by atoms with Crippen LogP contribution in [0.1, 0.15) is 19.8 Å². The van der Waals surface area contributed by atoms with Gasteiger partial charge in [0.25, 0.3) is 0 Å². The van der Waals surface area contributed by atoms with E-state index in [9.17, 15) is 0 Å². The summed E-state index contributed by atoms with van der Waals surface area (Å²) in [5.74, 6) is 0. The molecule has 0 saturated carbocycles. The standard InChI is InChI=1S/C9H20O3Si/c1-5-6-7-8-9-13(10-2,11-3)12-4/h7-8H,5-6,9H2,1-4H3. The lowest BCUT2D eigenvalue weighted by molar-refractivity contribution is 0.127. The molecule has 0 radical (unpaired) electrons. The van der Waals surface area contributed by atoms with Crippen LogP contribution < -0.4 is 0 Å². The minimum absolute atomic E-state index is 0.747. The van der Waals surface area contributed by atoms with Gasteiger partial charge in [0.2, 0.25) is 0 Å². The van der Waals surface area contributed by atoms with E-state index in [1.54, 1.807) is 21.3 Å². The molecule has 4 heteroatoms. The van der Waals surface area contributed by atoms with Crippen molar-refractivity contribution in [1.29, 1.82) is 0 Å². The predicted molar refractivity (Wildman–Crippen MR) is 55.6 cm³/mol. The minimum Gasteiger partial charge on any atom is -0.377 e. The van der Waals surface area contributed by atoms with Crippen LogP contribution in [0.5, 0.6) is 0 Å². The Balaban J connectivity index is 3.94. The van der Waals surface area contributed by atoms with Gasteiger partial charge in [-0.05, 0) is 6.42 Å². The quantitative estimate of drug-likeness (QED) is 0.470. The summed E-state index contributed by atoms with van der Waals surface area (Å²) in [4.78, 5) is 0. The summed E-state index contributed by atoms with van der Waals surface area (Å²) in [6.45, 7) is 2.15. The van der Waals surface area contributed by atoms with Gasteiger partial charge in [-0.2, -0.15) is 0 Å². The molecule has 78 valence electrons. The van der Waals surface area contributed by atoms with Crippen LogP contribution >= 0.6 is 0 Å². The molecule has 13 heavy (non-hydrogen) atoms. The lowest BCUT2D eigenvalue weighted by atomic mass is 10.3. The summed E-state index contributed by atoms with van der Waals surface area (Å²) in [6, 6.07) is 0.747. The zero-order valence-corrected chi connectivity index (χ0v) is 10.0. The normalized spacial score (nSPS) is 12.6. The Hall–Kier alpha value is -0.163. The highest BCUT2D eigenvalue weighted by molar-refractivity contribution is 6.61. The van der Waals surface area contributed by atoms with Crippen molar-refractivity contribution in [3.8, 4) is 0 Å². The molecule has 0 amide bonds. The lowest BCUT2D eigenvalue weighted by Crippen LogP contribution is -2.42. The molecule has 0 unspecified atom stereocenters. The number of hydrogen-bond donors (Lipinski definition) is 0. The summed E-state index contributed by atoms with van der Waals surface area (Å²) in [5, 5.41) is 0. The van der Waals surface area contributed by atoms with E-state index in [1.807, 2.05) is 0 Å². The smallest absolute Gasteiger partial charge is 0.377 e. The highest BCUT2D eigenvalue weighted by Crippen LogP contribution is 2.13. The third-order valence-corrected chi connectivity index (χ3v) is 4.52. The van der Waals surface area contributed by atoms with Gasteiger partial charge in [-0.25, -0.2) is 0 Å². The van der Waals surface area contributed by atoms with Crippen LogP contribution in [-0.4, -0.2) is 30.1 Å². The van der Waals surface area contributed by atoms with E-state index in [1.165, 1.54) is 0 Å². The average Bonchev–Trinajstić information content (AvgIpc) is 2.20. The van der Waals surface area contributed by atoms with Crippen molar-refractivity contribution in [3.63, 3.8) is 0 Å². The van der Waals surface area contributed by atoms with E-state index in [2.05, 4.69) is 19.1 Å². The summed E-state index contributed by atoms with van der Waals surface area (Å²) < 4.78 is 15.8. The molecule has 0 saturated heterocycles. The third kappa shape index (κ3) is 4.57. The van der Waals surface area contributed by atoms with E-state index in [-0.39, 0.29) is 0 Å². The zero-order chi connectivity index (χ0) is 10.2. The number of allylic oxidation sites excluding steroid dienone is 2. The summed E-state index contributed by atoms with van der Waals surface area (Å²) >= 11 is 0. The molecule has 0 aromatic carbocycles. The fourth-order valence-corrected chi connectivity index (χ4v) is 2.47. The van der Waals surface area contributed by atoms with Crippen LogP contribution in [0.25, 0.3) is 0 Å². The maximum Gasteiger partial charge on any atom is 0.504 e. The van der Waals surface area contributed by atoms with Crippen LogP contribution in [0.3, 0.4) is 0 Å². The Kier molecular flexibility index (Phi) is 7.17. The Bertz CT molecular complexity index is 136. The van der Waals surface area contributed by atoms with Gasteiger partial charge in [-0.1, -0.05) is 25.5 Å². The second kappa shape index (κ2) is 7.26. The summed E-state index contributed by atoms with van der Waals surface area (Å²) in [7, 11) is 2.54. The molecule has 0 atom stereocenters. The summed E-state index contributed by atoms with van der Waals surface area (Å²) in [6.07, 6.45) is 6.48. The van der Waals surface area contributed by atoms with Crippen LogP contribution in [0.15, 0.2) is 12.2 Å². The monoisotopic (exact) mass is 204 g/mol. The first-order chi connectivity index (χ1) is 6.24. The molecule has 0 heterocycles. The first-order valence-electron chi connectivity index (χ1n) is 4.55. The Morgan fingerprint density at radius 2 is 1.54 bits per heavy atom. The second-order valence-corrected chi connectivity index (χ2v) is 5.76. The average molecular weight is 204 g/mol. The molecule has 0 aromatic rings. The van der Waals surface area contributed by atoms with E-state index in [4.69, 9.17) is 13.3 Å². The topological polar surface area (TPSA) is 27.7 Å². The van der Waals surface area contributed by atoms with E-state index in [0.29, 0.717) is 0 Å². The highest BCUT2D eigenvalue weighted by atomic mass is 28.4. The molecule has 0 rings (SSSR count).